The number of piperazine rings is 1. The summed E-state index contributed by atoms with van der Waals surface area (Å²) < 4.78 is 29.3. The van der Waals surface area contributed by atoms with E-state index in [4.69, 9.17) is 4.74 Å². The van der Waals surface area contributed by atoms with E-state index in [1.54, 1.807) is 17.0 Å². The zero-order valence-electron chi connectivity index (χ0n) is 18.4. The standard InChI is InChI=1S/C23H34N2O5S/c1-30-17-18-31(28,29)21-10-8-20(9-11-21)23(27)25-15-13-24(14-16-25)22(26)12-7-19-5-3-2-4-6-19/h8-11,19H,2-7,12-18H2,1H3. The molecule has 1 aliphatic heterocycles. The second-order valence-corrected chi connectivity index (χ2v) is 10.7. The molecule has 7 nitrogen and oxygen atoms in total. The number of nitrogens with zero attached hydrogens (tertiary/aromatic N) is 2. The maximum Gasteiger partial charge on any atom is 0.253 e. The van der Waals surface area contributed by atoms with Crippen LogP contribution in [0.3, 0.4) is 0 Å². The van der Waals surface area contributed by atoms with Gasteiger partial charge in [-0.05, 0) is 36.6 Å². The van der Waals surface area contributed by atoms with Crippen molar-refractivity contribution in [2.75, 3.05) is 45.6 Å². The molecule has 8 heteroatoms. The van der Waals surface area contributed by atoms with Crippen molar-refractivity contribution in [1.29, 1.82) is 0 Å². The first kappa shape index (κ1) is 23.7. The summed E-state index contributed by atoms with van der Waals surface area (Å²) in [5.41, 5.74) is 0.461. The number of methoxy groups -OCH3 is 1. The van der Waals surface area contributed by atoms with Crippen LogP contribution in [0.2, 0.25) is 0 Å². The third-order valence-electron chi connectivity index (χ3n) is 6.43. The van der Waals surface area contributed by atoms with Crippen LogP contribution in [0.5, 0.6) is 0 Å². The van der Waals surface area contributed by atoms with Gasteiger partial charge in [-0.2, -0.15) is 0 Å². The van der Waals surface area contributed by atoms with E-state index in [2.05, 4.69) is 0 Å². The molecule has 0 radical (unpaired) electrons. The number of benzene rings is 1. The second kappa shape index (κ2) is 11.1. The second-order valence-electron chi connectivity index (χ2n) is 8.55. The SMILES string of the molecule is COCCS(=O)(=O)c1ccc(C(=O)N2CCN(C(=O)CCC3CCCCC3)CC2)cc1. The third-order valence-corrected chi connectivity index (χ3v) is 8.12. The van der Waals surface area contributed by atoms with Crippen LogP contribution < -0.4 is 0 Å². The van der Waals surface area contributed by atoms with Gasteiger partial charge < -0.3 is 14.5 Å². The van der Waals surface area contributed by atoms with E-state index in [0.717, 1.165) is 6.42 Å². The highest BCUT2D eigenvalue weighted by Gasteiger charge is 2.26. The first-order valence-corrected chi connectivity index (χ1v) is 12.9. The molecule has 172 valence electrons. The Morgan fingerprint density at radius 1 is 0.968 bits per heavy atom. The van der Waals surface area contributed by atoms with E-state index in [-0.39, 0.29) is 29.1 Å². The maximum atomic E-state index is 12.8. The topological polar surface area (TPSA) is 84.0 Å². The van der Waals surface area contributed by atoms with Crippen LogP contribution >= 0.6 is 0 Å². The monoisotopic (exact) mass is 450 g/mol. The van der Waals surface area contributed by atoms with Crippen molar-refractivity contribution in [1.82, 2.24) is 9.80 Å². The van der Waals surface area contributed by atoms with Gasteiger partial charge in [0.25, 0.3) is 5.91 Å². The molecule has 2 aliphatic rings. The summed E-state index contributed by atoms with van der Waals surface area (Å²) in [6.07, 6.45) is 8.01. The summed E-state index contributed by atoms with van der Waals surface area (Å²) in [5.74, 6) is 0.674. The van der Waals surface area contributed by atoms with Gasteiger partial charge in [-0.15, -0.1) is 0 Å². The Balaban J connectivity index is 1.47. The summed E-state index contributed by atoms with van der Waals surface area (Å²) in [7, 11) is -1.95. The van der Waals surface area contributed by atoms with E-state index in [1.807, 2.05) is 4.90 Å². The Bertz CT molecular complexity index is 839. The molecule has 0 N–H and O–H groups in total. The van der Waals surface area contributed by atoms with Gasteiger partial charge in [0, 0.05) is 45.3 Å². The van der Waals surface area contributed by atoms with Gasteiger partial charge in [0.05, 0.1) is 17.3 Å². The number of hydrogen-bond donors (Lipinski definition) is 0. The summed E-state index contributed by atoms with van der Waals surface area (Å²) in [6, 6.07) is 6.07. The molecule has 2 amide bonds. The zero-order chi connectivity index (χ0) is 22.3. The van der Waals surface area contributed by atoms with Gasteiger partial charge >= 0.3 is 0 Å². The smallest absolute Gasteiger partial charge is 0.253 e. The van der Waals surface area contributed by atoms with Gasteiger partial charge in [-0.3, -0.25) is 9.59 Å². The summed E-state index contributed by atoms with van der Waals surface area (Å²) in [6.45, 7) is 2.24. The molecular weight excluding hydrogens is 416 g/mol. The van der Waals surface area contributed by atoms with Crippen LogP contribution in [-0.2, 0) is 19.4 Å². The largest absolute Gasteiger partial charge is 0.384 e. The lowest BCUT2D eigenvalue weighted by molar-refractivity contribution is -0.133. The summed E-state index contributed by atoms with van der Waals surface area (Å²) in [4.78, 5) is 29.1. The first-order valence-electron chi connectivity index (χ1n) is 11.3. The summed E-state index contributed by atoms with van der Waals surface area (Å²) in [5, 5.41) is 0. The van der Waals surface area contributed by atoms with Crippen LogP contribution in [0.4, 0.5) is 0 Å². The van der Waals surface area contributed by atoms with Crippen molar-refractivity contribution in [2.24, 2.45) is 5.92 Å². The lowest BCUT2D eigenvalue weighted by atomic mass is 9.86. The normalized spacial score (nSPS) is 18.2. The van der Waals surface area contributed by atoms with Gasteiger partial charge in [0.2, 0.25) is 5.91 Å². The fraction of sp³-hybridized carbons (Fsp3) is 0.652. The number of amides is 2. The van der Waals surface area contributed by atoms with E-state index in [0.29, 0.717) is 44.1 Å². The van der Waals surface area contributed by atoms with Crippen molar-refractivity contribution >= 4 is 21.7 Å². The lowest BCUT2D eigenvalue weighted by Gasteiger charge is -2.35. The number of hydrogen-bond acceptors (Lipinski definition) is 5. The zero-order valence-corrected chi connectivity index (χ0v) is 19.2. The Kier molecular flexibility index (Phi) is 8.49. The highest BCUT2D eigenvalue weighted by Crippen LogP contribution is 2.27. The molecule has 2 fully saturated rings. The Labute approximate surface area is 185 Å². The Morgan fingerprint density at radius 3 is 2.19 bits per heavy atom. The first-order chi connectivity index (χ1) is 14.9. The van der Waals surface area contributed by atoms with Crippen molar-refractivity contribution in [3.63, 3.8) is 0 Å². The molecule has 1 aromatic rings. The highest BCUT2D eigenvalue weighted by atomic mass is 32.2. The molecule has 1 saturated carbocycles. The van der Waals surface area contributed by atoms with Crippen molar-refractivity contribution in [2.45, 2.75) is 49.8 Å². The highest BCUT2D eigenvalue weighted by molar-refractivity contribution is 7.91. The van der Waals surface area contributed by atoms with Crippen molar-refractivity contribution in [3.05, 3.63) is 29.8 Å². The van der Waals surface area contributed by atoms with Gasteiger partial charge in [0.1, 0.15) is 0 Å². The average molecular weight is 451 g/mol. The van der Waals surface area contributed by atoms with E-state index in [1.165, 1.54) is 51.3 Å². The lowest BCUT2D eigenvalue weighted by Crippen LogP contribution is -2.50. The fourth-order valence-electron chi connectivity index (χ4n) is 4.42. The molecule has 3 rings (SSSR count). The number of ether oxygens (including phenoxy) is 1. The molecular formula is C23H34N2O5S. The predicted octanol–water partition coefficient (Wildman–Crippen LogP) is 2.75. The summed E-state index contributed by atoms with van der Waals surface area (Å²) >= 11 is 0. The van der Waals surface area contributed by atoms with Crippen LogP contribution in [0, 0.1) is 5.92 Å². The van der Waals surface area contributed by atoms with Crippen LogP contribution in [-0.4, -0.2) is 75.7 Å². The third kappa shape index (κ3) is 6.53. The minimum atomic E-state index is -3.41. The number of sulfone groups is 1. The minimum Gasteiger partial charge on any atom is -0.384 e. The van der Waals surface area contributed by atoms with E-state index in [9.17, 15) is 18.0 Å². The quantitative estimate of drug-likeness (QED) is 0.608. The molecule has 1 heterocycles. The molecule has 0 bridgehead atoms. The molecule has 0 unspecified atom stereocenters. The Hall–Kier alpha value is -1.93. The van der Waals surface area contributed by atoms with Crippen molar-refractivity contribution in [3.8, 4) is 0 Å². The van der Waals surface area contributed by atoms with Crippen molar-refractivity contribution < 1.29 is 22.7 Å². The molecule has 1 aliphatic carbocycles. The predicted molar refractivity (Wildman–Crippen MR) is 119 cm³/mol. The number of rotatable bonds is 8. The van der Waals surface area contributed by atoms with E-state index >= 15 is 0 Å². The molecule has 0 atom stereocenters. The molecule has 1 aromatic carbocycles. The number of carbonyl (C=O) groups excluding carboxylic acids is 2. The molecule has 31 heavy (non-hydrogen) atoms. The number of carbonyl (C=O) groups is 2. The molecule has 0 aromatic heterocycles. The average Bonchev–Trinajstić information content (AvgIpc) is 2.81. The van der Waals surface area contributed by atoms with Crippen LogP contribution in [0.15, 0.2) is 29.2 Å². The Morgan fingerprint density at radius 2 is 1.58 bits per heavy atom. The molecule has 0 spiro atoms. The van der Waals surface area contributed by atoms with Gasteiger partial charge in [-0.25, -0.2) is 8.42 Å². The van der Waals surface area contributed by atoms with Gasteiger partial charge in [0.15, 0.2) is 9.84 Å². The van der Waals surface area contributed by atoms with Crippen LogP contribution in [0.25, 0.3) is 0 Å². The fourth-order valence-corrected chi connectivity index (χ4v) is 5.59. The van der Waals surface area contributed by atoms with Gasteiger partial charge in [-0.1, -0.05) is 32.1 Å². The van der Waals surface area contributed by atoms with E-state index < -0.39 is 9.84 Å². The maximum absolute atomic E-state index is 12.8. The minimum absolute atomic E-state index is 0.0898. The van der Waals surface area contributed by atoms with Crippen LogP contribution in [0.1, 0.15) is 55.3 Å². The molecule has 1 saturated heterocycles.